The molecule has 0 aromatic heterocycles. The van der Waals surface area contributed by atoms with Gasteiger partial charge in [-0.1, -0.05) is 0 Å². The fourth-order valence-electron chi connectivity index (χ4n) is 3.93. The largest absolute Gasteiger partial charge is 0.462 e. The van der Waals surface area contributed by atoms with E-state index in [9.17, 15) is 29.3 Å². The van der Waals surface area contributed by atoms with Gasteiger partial charge in [-0.3, -0.25) is 24.5 Å². The lowest BCUT2D eigenvalue weighted by molar-refractivity contribution is -0.384. The highest BCUT2D eigenvalue weighted by Gasteiger charge is 2.36. The van der Waals surface area contributed by atoms with Crippen LogP contribution in [0, 0.1) is 16.0 Å². The van der Waals surface area contributed by atoms with Crippen LogP contribution in [0.2, 0.25) is 0 Å². The highest BCUT2D eigenvalue weighted by Crippen LogP contribution is 2.27. The predicted molar refractivity (Wildman–Crippen MR) is 138 cm³/mol. The SMILES string of the molecule is CCOC(=O)c1ccc(N2C[C@@H](C(=O)OCC(=O)c3ccc(Oc4ccc([N+](=O)[O-])cc4)cc3)CC2=O)cc1. The number of amides is 1. The number of hydrogen-bond donors (Lipinski definition) is 0. The Bertz CT molecular complexity index is 1380. The van der Waals surface area contributed by atoms with E-state index in [2.05, 4.69) is 0 Å². The number of nitrogens with zero attached hydrogens (tertiary/aromatic N) is 2. The number of ketones is 1. The minimum atomic E-state index is -0.729. The van der Waals surface area contributed by atoms with Gasteiger partial charge in [-0.25, -0.2) is 4.79 Å². The minimum absolute atomic E-state index is 0.0542. The summed E-state index contributed by atoms with van der Waals surface area (Å²) in [4.78, 5) is 61.1. The molecule has 0 radical (unpaired) electrons. The number of nitro benzene ring substituents is 1. The second kappa shape index (κ2) is 12.0. The van der Waals surface area contributed by atoms with Gasteiger partial charge in [-0.2, -0.15) is 0 Å². The molecule has 1 heterocycles. The Morgan fingerprint density at radius 2 is 1.49 bits per heavy atom. The van der Waals surface area contributed by atoms with Crippen molar-refractivity contribution in [3.05, 3.63) is 94.0 Å². The van der Waals surface area contributed by atoms with Gasteiger partial charge in [0.2, 0.25) is 5.91 Å². The first-order valence-electron chi connectivity index (χ1n) is 12.0. The van der Waals surface area contributed by atoms with Gasteiger partial charge in [0.15, 0.2) is 12.4 Å². The first-order valence-corrected chi connectivity index (χ1v) is 12.0. The number of anilines is 1. The van der Waals surface area contributed by atoms with Crippen molar-refractivity contribution in [3.8, 4) is 11.5 Å². The fourth-order valence-corrected chi connectivity index (χ4v) is 3.93. The first kappa shape index (κ1) is 27.0. The topological polar surface area (TPSA) is 142 Å². The number of carbonyl (C=O) groups is 4. The molecule has 39 heavy (non-hydrogen) atoms. The van der Waals surface area contributed by atoms with Crippen LogP contribution in [0.4, 0.5) is 11.4 Å². The molecular weight excluding hydrogens is 508 g/mol. The maximum Gasteiger partial charge on any atom is 0.338 e. The van der Waals surface area contributed by atoms with E-state index >= 15 is 0 Å². The molecule has 0 unspecified atom stereocenters. The monoisotopic (exact) mass is 532 g/mol. The summed E-state index contributed by atoms with van der Waals surface area (Å²) in [6.45, 7) is 1.57. The van der Waals surface area contributed by atoms with E-state index < -0.39 is 35.2 Å². The van der Waals surface area contributed by atoms with Crippen molar-refractivity contribution in [2.75, 3.05) is 24.7 Å². The summed E-state index contributed by atoms with van der Waals surface area (Å²) < 4.78 is 15.8. The van der Waals surface area contributed by atoms with E-state index in [1.807, 2.05) is 0 Å². The second-order valence-corrected chi connectivity index (χ2v) is 8.58. The molecular formula is C28H24N2O9. The average Bonchev–Trinajstić information content (AvgIpc) is 3.34. The van der Waals surface area contributed by atoms with Crippen molar-refractivity contribution in [3.63, 3.8) is 0 Å². The number of ether oxygens (including phenoxy) is 3. The van der Waals surface area contributed by atoms with Gasteiger partial charge >= 0.3 is 11.9 Å². The summed E-state index contributed by atoms with van der Waals surface area (Å²) in [6, 6.07) is 18.0. The smallest absolute Gasteiger partial charge is 0.338 e. The number of rotatable bonds is 10. The van der Waals surface area contributed by atoms with Crippen molar-refractivity contribution < 1.29 is 38.3 Å². The highest BCUT2D eigenvalue weighted by atomic mass is 16.6. The zero-order chi connectivity index (χ0) is 27.9. The molecule has 0 aliphatic carbocycles. The van der Waals surface area contributed by atoms with E-state index in [0.29, 0.717) is 28.3 Å². The summed E-state index contributed by atoms with van der Waals surface area (Å²) in [6.07, 6.45) is -0.0542. The van der Waals surface area contributed by atoms with Gasteiger partial charge in [0, 0.05) is 36.3 Å². The zero-order valence-corrected chi connectivity index (χ0v) is 20.9. The van der Waals surface area contributed by atoms with Gasteiger partial charge < -0.3 is 19.1 Å². The molecule has 11 heteroatoms. The van der Waals surface area contributed by atoms with Gasteiger partial charge in [0.25, 0.3) is 5.69 Å². The molecule has 1 saturated heterocycles. The van der Waals surface area contributed by atoms with Crippen LogP contribution in [-0.2, 0) is 19.1 Å². The molecule has 0 N–H and O–H groups in total. The Labute approximate surface area is 223 Å². The van der Waals surface area contributed by atoms with Crippen molar-refractivity contribution in [1.29, 1.82) is 0 Å². The molecule has 1 amide bonds. The molecule has 0 saturated carbocycles. The van der Waals surface area contributed by atoms with Crippen LogP contribution in [0.3, 0.4) is 0 Å². The van der Waals surface area contributed by atoms with Crippen molar-refractivity contribution in [2.45, 2.75) is 13.3 Å². The lowest BCUT2D eigenvalue weighted by atomic mass is 10.1. The first-order chi connectivity index (χ1) is 18.7. The van der Waals surface area contributed by atoms with E-state index in [1.165, 1.54) is 41.3 Å². The van der Waals surface area contributed by atoms with Crippen molar-refractivity contribution >= 4 is 35.0 Å². The van der Waals surface area contributed by atoms with Crippen LogP contribution in [0.15, 0.2) is 72.8 Å². The second-order valence-electron chi connectivity index (χ2n) is 8.58. The number of non-ortho nitro benzene ring substituents is 1. The molecule has 11 nitrogen and oxygen atoms in total. The number of Topliss-reactive ketones (excluding diaryl/α,β-unsaturated/α-hetero) is 1. The van der Waals surface area contributed by atoms with Crippen LogP contribution in [0.1, 0.15) is 34.1 Å². The van der Waals surface area contributed by atoms with E-state index in [4.69, 9.17) is 14.2 Å². The van der Waals surface area contributed by atoms with Crippen LogP contribution in [0.25, 0.3) is 0 Å². The molecule has 0 bridgehead atoms. The highest BCUT2D eigenvalue weighted by molar-refractivity contribution is 6.01. The molecule has 1 aliphatic rings. The Morgan fingerprint density at radius 1 is 0.897 bits per heavy atom. The number of nitro groups is 1. The van der Waals surface area contributed by atoms with Crippen LogP contribution >= 0.6 is 0 Å². The quantitative estimate of drug-likeness (QED) is 0.161. The zero-order valence-electron chi connectivity index (χ0n) is 20.9. The lowest BCUT2D eigenvalue weighted by Crippen LogP contribution is -2.27. The van der Waals surface area contributed by atoms with Gasteiger partial charge in [0.1, 0.15) is 11.5 Å². The maximum absolute atomic E-state index is 12.6. The molecule has 1 aliphatic heterocycles. The summed E-state index contributed by atoms with van der Waals surface area (Å²) in [5.41, 5.74) is 1.13. The normalized spacial score (nSPS) is 14.5. The molecule has 3 aromatic rings. The van der Waals surface area contributed by atoms with Gasteiger partial charge in [0.05, 0.1) is 23.0 Å². The lowest BCUT2D eigenvalue weighted by Gasteiger charge is -2.17. The van der Waals surface area contributed by atoms with Gasteiger partial charge in [-0.15, -0.1) is 0 Å². The fraction of sp³-hybridized carbons (Fsp3) is 0.214. The summed E-state index contributed by atoms with van der Waals surface area (Å²) in [5, 5.41) is 10.7. The third kappa shape index (κ3) is 6.63. The standard InChI is InChI=1S/C28H24N2O9/c1-2-37-27(33)19-3-7-21(8-4-19)29-16-20(15-26(29)32)28(34)38-17-25(31)18-5-11-23(12-6-18)39-24-13-9-22(10-14-24)30(35)36/h3-14,20H,2,15-17H2,1H3/t20-/m0/s1. The molecule has 3 aromatic carbocycles. The van der Waals surface area contributed by atoms with Gasteiger partial charge in [-0.05, 0) is 67.6 Å². The summed E-state index contributed by atoms with van der Waals surface area (Å²) >= 11 is 0. The Hall–Kier alpha value is -5.06. The third-order valence-electron chi connectivity index (χ3n) is 5.95. The number of esters is 2. The molecule has 4 rings (SSSR count). The summed E-state index contributed by atoms with van der Waals surface area (Å²) in [7, 11) is 0. The Balaban J connectivity index is 1.28. The molecule has 1 atom stereocenters. The summed E-state index contributed by atoms with van der Waals surface area (Å²) in [5.74, 6) is -1.74. The van der Waals surface area contributed by atoms with E-state index in [-0.39, 0.29) is 31.2 Å². The van der Waals surface area contributed by atoms with Crippen molar-refractivity contribution in [2.24, 2.45) is 5.92 Å². The van der Waals surface area contributed by atoms with E-state index in [0.717, 1.165) is 0 Å². The third-order valence-corrected chi connectivity index (χ3v) is 5.95. The van der Waals surface area contributed by atoms with Crippen molar-refractivity contribution in [1.82, 2.24) is 0 Å². The number of benzene rings is 3. The molecule has 0 spiro atoms. The molecule has 200 valence electrons. The number of carbonyl (C=O) groups excluding carboxylic acids is 4. The predicted octanol–water partition coefficient (Wildman–Crippen LogP) is 4.34. The maximum atomic E-state index is 12.6. The Morgan fingerprint density at radius 3 is 2.08 bits per heavy atom. The van der Waals surface area contributed by atoms with Crippen LogP contribution in [-0.4, -0.2) is 48.3 Å². The van der Waals surface area contributed by atoms with Crippen LogP contribution < -0.4 is 9.64 Å². The number of hydrogen-bond acceptors (Lipinski definition) is 9. The Kier molecular flexibility index (Phi) is 8.30. The van der Waals surface area contributed by atoms with Crippen LogP contribution in [0.5, 0.6) is 11.5 Å². The average molecular weight is 533 g/mol. The minimum Gasteiger partial charge on any atom is -0.462 e. The molecule has 1 fully saturated rings. The van der Waals surface area contributed by atoms with E-state index in [1.54, 1.807) is 43.3 Å².